The monoisotopic (exact) mass is 289 g/mol. The molecule has 0 fully saturated rings. The van der Waals surface area contributed by atoms with Crippen LogP contribution < -0.4 is 10.1 Å². The molecule has 1 N–H and O–H groups in total. The van der Waals surface area contributed by atoms with Crippen LogP contribution in [-0.2, 0) is 0 Å². The van der Waals surface area contributed by atoms with E-state index < -0.39 is 0 Å². The van der Waals surface area contributed by atoms with Gasteiger partial charge in [-0.15, -0.1) is 0 Å². The summed E-state index contributed by atoms with van der Waals surface area (Å²) in [5.74, 6) is 1.07. The number of hydrogen-bond acceptors (Lipinski definition) is 2. The third-order valence-corrected chi connectivity index (χ3v) is 4.70. The molecule has 1 aliphatic heterocycles. The fraction of sp³-hybridized carbons (Fsp3) is 0.684. The summed E-state index contributed by atoms with van der Waals surface area (Å²) in [6, 6.07) is 7.01. The molecular weight excluding hydrogens is 258 g/mol. The second-order valence-corrected chi connectivity index (χ2v) is 6.72. The third-order valence-electron chi connectivity index (χ3n) is 4.70. The topological polar surface area (TPSA) is 21.3 Å². The van der Waals surface area contributed by atoms with Gasteiger partial charge in [-0.2, -0.15) is 0 Å². The van der Waals surface area contributed by atoms with Gasteiger partial charge in [0.2, 0.25) is 0 Å². The number of benzene rings is 1. The fourth-order valence-corrected chi connectivity index (χ4v) is 3.11. The average Bonchev–Trinajstić information content (AvgIpc) is 2.47. The number of unbranched alkanes of at least 4 members (excludes halogenated alkanes) is 3. The minimum Gasteiger partial charge on any atom is -0.487 e. The van der Waals surface area contributed by atoms with E-state index in [2.05, 4.69) is 51.2 Å². The molecule has 1 aromatic carbocycles. The minimum atomic E-state index is -0.0383. The van der Waals surface area contributed by atoms with E-state index in [1.807, 2.05) is 0 Å². The summed E-state index contributed by atoms with van der Waals surface area (Å²) in [7, 11) is 0. The van der Waals surface area contributed by atoms with Gasteiger partial charge >= 0.3 is 0 Å². The number of nitrogens with one attached hydrogen (secondary N) is 1. The molecule has 1 aliphatic rings. The largest absolute Gasteiger partial charge is 0.487 e. The number of hydrogen-bond donors (Lipinski definition) is 1. The van der Waals surface area contributed by atoms with Crippen LogP contribution in [0.25, 0.3) is 0 Å². The summed E-state index contributed by atoms with van der Waals surface area (Å²) in [5, 5.41) is 3.77. The van der Waals surface area contributed by atoms with Gasteiger partial charge in [0.05, 0.1) is 0 Å². The molecule has 0 saturated carbocycles. The Balaban J connectivity index is 2.06. The average molecular weight is 289 g/mol. The first-order valence-corrected chi connectivity index (χ1v) is 8.61. The van der Waals surface area contributed by atoms with E-state index >= 15 is 0 Å². The summed E-state index contributed by atoms with van der Waals surface area (Å²) in [6.45, 7) is 9.99. The Labute approximate surface area is 130 Å². The van der Waals surface area contributed by atoms with E-state index in [0.717, 1.165) is 25.1 Å². The van der Waals surface area contributed by atoms with Gasteiger partial charge < -0.3 is 10.1 Å². The van der Waals surface area contributed by atoms with Gasteiger partial charge in [0, 0.05) is 18.0 Å². The van der Waals surface area contributed by atoms with Crippen molar-refractivity contribution in [1.29, 1.82) is 0 Å². The van der Waals surface area contributed by atoms with Crippen molar-refractivity contribution in [2.24, 2.45) is 0 Å². The smallest absolute Gasteiger partial charge is 0.124 e. The normalized spacial score (nSPS) is 24.5. The molecule has 0 aliphatic carbocycles. The molecule has 0 spiro atoms. The summed E-state index contributed by atoms with van der Waals surface area (Å²) in [6.07, 6.45) is 7.36. The quantitative estimate of drug-likeness (QED) is 0.700. The fourth-order valence-electron chi connectivity index (χ4n) is 3.11. The van der Waals surface area contributed by atoms with Gasteiger partial charge in [-0.05, 0) is 39.3 Å². The molecule has 0 amide bonds. The second kappa shape index (κ2) is 7.31. The van der Waals surface area contributed by atoms with E-state index in [1.165, 1.54) is 36.8 Å². The highest BCUT2D eigenvalue weighted by Gasteiger charge is 2.35. The highest BCUT2D eigenvalue weighted by molar-refractivity contribution is 5.41. The molecule has 2 atom stereocenters. The van der Waals surface area contributed by atoms with Crippen molar-refractivity contribution in [2.75, 3.05) is 6.54 Å². The molecule has 2 rings (SSSR count). The maximum Gasteiger partial charge on any atom is 0.124 e. The lowest BCUT2D eigenvalue weighted by molar-refractivity contribution is 0.0442. The van der Waals surface area contributed by atoms with Crippen LogP contribution in [0.2, 0.25) is 0 Å². The first-order chi connectivity index (χ1) is 10.1. The van der Waals surface area contributed by atoms with E-state index in [1.54, 1.807) is 0 Å². The van der Waals surface area contributed by atoms with Crippen LogP contribution in [0, 0.1) is 6.92 Å². The number of rotatable bonds is 7. The standard InChI is InChI=1S/C19H31NO/c1-5-7-8-9-12-20-17-14-19(4,6-2)21-18-11-10-15(3)13-16(17)18/h10-11,13,17,20H,5-9,12,14H2,1-4H3. The lowest BCUT2D eigenvalue weighted by Gasteiger charge is -2.40. The maximum atomic E-state index is 6.26. The molecule has 1 aromatic rings. The van der Waals surface area contributed by atoms with Gasteiger partial charge in [0.25, 0.3) is 0 Å². The molecule has 2 nitrogen and oxygen atoms in total. The summed E-state index contributed by atoms with van der Waals surface area (Å²) >= 11 is 0. The summed E-state index contributed by atoms with van der Waals surface area (Å²) in [5.41, 5.74) is 2.62. The molecule has 118 valence electrons. The lowest BCUT2D eigenvalue weighted by atomic mass is 9.86. The van der Waals surface area contributed by atoms with Crippen molar-refractivity contribution >= 4 is 0 Å². The Bertz CT molecular complexity index is 457. The summed E-state index contributed by atoms with van der Waals surface area (Å²) < 4.78 is 6.26. The first kappa shape index (κ1) is 16.4. The number of fused-ring (bicyclic) bond motifs is 1. The van der Waals surface area contributed by atoms with Crippen molar-refractivity contribution in [2.45, 2.75) is 77.9 Å². The molecule has 2 unspecified atom stereocenters. The van der Waals surface area contributed by atoms with Crippen molar-refractivity contribution in [3.63, 3.8) is 0 Å². The van der Waals surface area contributed by atoms with Crippen LogP contribution in [0.4, 0.5) is 0 Å². The Morgan fingerprint density at radius 2 is 2.05 bits per heavy atom. The molecule has 2 heteroatoms. The van der Waals surface area contributed by atoms with Crippen molar-refractivity contribution in [3.8, 4) is 5.75 Å². The molecule has 1 heterocycles. The molecular formula is C19H31NO. The first-order valence-electron chi connectivity index (χ1n) is 8.61. The molecule has 0 radical (unpaired) electrons. The number of ether oxygens (including phenoxy) is 1. The van der Waals surface area contributed by atoms with E-state index in [0.29, 0.717) is 6.04 Å². The zero-order chi connectivity index (χ0) is 15.3. The van der Waals surface area contributed by atoms with Crippen LogP contribution >= 0.6 is 0 Å². The molecule has 0 aromatic heterocycles. The van der Waals surface area contributed by atoms with Gasteiger partial charge in [0.1, 0.15) is 11.4 Å². The van der Waals surface area contributed by atoms with Gasteiger partial charge in [-0.1, -0.05) is 50.8 Å². The Morgan fingerprint density at radius 1 is 1.24 bits per heavy atom. The summed E-state index contributed by atoms with van der Waals surface area (Å²) in [4.78, 5) is 0. The predicted octanol–water partition coefficient (Wildman–Crippen LogP) is 5.16. The van der Waals surface area contributed by atoms with E-state index in [9.17, 15) is 0 Å². The van der Waals surface area contributed by atoms with Crippen LogP contribution in [-0.4, -0.2) is 12.1 Å². The second-order valence-electron chi connectivity index (χ2n) is 6.72. The third kappa shape index (κ3) is 4.23. The molecule has 0 saturated heterocycles. The minimum absolute atomic E-state index is 0.0383. The highest BCUT2D eigenvalue weighted by atomic mass is 16.5. The Morgan fingerprint density at radius 3 is 2.76 bits per heavy atom. The van der Waals surface area contributed by atoms with Crippen molar-refractivity contribution in [3.05, 3.63) is 29.3 Å². The van der Waals surface area contributed by atoms with E-state index in [4.69, 9.17) is 4.74 Å². The maximum absolute atomic E-state index is 6.26. The SMILES string of the molecule is CCCCCCNC1CC(C)(CC)Oc2ccc(C)cc21. The molecule has 21 heavy (non-hydrogen) atoms. The lowest BCUT2D eigenvalue weighted by Crippen LogP contribution is -2.41. The predicted molar refractivity (Wildman–Crippen MR) is 90.0 cm³/mol. The van der Waals surface area contributed by atoms with Gasteiger partial charge in [-0.25, -0.2) is 0 Å². The van der Waals surface area contributed by atoms with Crippen LogP contribution in [0.1, 0.15) is 76.5 Å². The zero-order valence-electron chi connectivity index (χ0n) is 14.2. The Hall–Kier alpha value is -1.02. The van der Waals surface area contributed by atoms with Gasteiger partial charge in [0.15, 0.2) is 0 Å². The van der Waals surface area contributed by atoms with E-state index in [-0.39, 0.29) is 5.60 Å². The van der Waals surface area contributed by atoms with Crippen LogP contribution in [0.3, 0.4) is 0 Å². The van der Waals surface area contributed by atoms with Gasteiger partial charge in [-0.3, -0.25) is 0 Å². The van der Waals surface area contributed by atoms with Crippen molar-refractivity contribution < 1.29 is 4.74 Å². The zero-order valence-corrected chi connectivity index (χ0v) is 14.2. The number of aryl methyl sites for hydroxylation is 1. The molecule has 0 bridgehead atoms. The highest BCUT2D eigenvalue weighted by Crippen LogP contribution is 2.41. The van der Waals surface area contributed by atoms with Crippen LogP contribution in [0.15, 0.2) is 18.2 Å². The van der Waals surface area contributed by atoms with Crippen LogP contribution in [0.5, 0.6) is 5.75 Å². The Kier molecular flexibility index (Phi) is 5.69. The van der Waals surface area contributed by atoms with Crippen molar-refractivity contribution in [1.82, 2.24) is 5.32 Å².